The first kappa shape index (κ1) is 11.3. The zero-order valence-corrected chi connectivity index (χ0v) is 10.5. The number of nitrogens with zero attached hydrogens (tertiary/aromatic N) is 3. The highest BCUT2D eigenvalue weighted by atomic mass is 32.2. The zero-order valence-electron chi connectivity index (χ0n) is 8.88. The maximum absolute atomic E-state index is 5.70. The van der Waals surface area contributed by atoms with Gasteiger partial charge in [0.05, 0.1) is 10.7 Å². The Labute approximate surface area is 102 Å². The minimum absolute atomic E-state index is 0.485. The van der Waals surface area contributed by atoms with Gasteiger partial charge in [-0.1, -0.05) is 18.7 Å². The smallest absolute Gasteiger partial charge is 0.156 e. The third-order valence-corrected chi connectivity index (χ3v) is 4.02. The Kier molecular flexibility index (Phi) is 3.74. The molecular weight excluding hydrogens is 240 g/mol. The molecule has 0 unspecified atom stereocenters. The van der Waals surface area contributed by atoms with Crippen molar-refractivity contribution in [2.75, 3.05) is 5.73 Å². The number of thioether (sulfide) groups is 1. The molecule has 0 aliphatic carbocycles. The molecule has 0 bridgehead atoms. The Morgan fingerprint density at radius 2 is 2.19 bits per heavy atom. The number of aryl methyl sites for hydroxylation is 1. The van der Waals surface area contributed by atoms with E-state index in [0.29, 0.717) is 5.82 Å². The Hall–Kier alpha value is -1.14. The summed E-state index contributed by atoms with van der Waals surface area (Å²) >= 11 is 3.27. The van der Waals surface area contributed by atoms with Gasteiger partial charge >= 0.3 is 0 Å². The average Bonchev–Trinajstić information content (AvgIpc) is 2.76. The lowest BCUT2D eigenvalue weighted by Crippen LogP contribution is -1.95. The highest BCUT2D eigenvalue weighted by Gasteiger charge is 2.05. The first-order valence-electron chi connectivity index (χ1n) is 4.92. The van der Waals surface area contributed by atoms with Gasteiger partial charge in [-0.15, -0.1) is 11.3 Å². The molecule has 0 aromatic carbocycles. The second-order valence-corrected chi connectivity index (χ2v) is 5.03. The number of rotatable bonds is 4. The molecular formula is C10H12N4S2. The van der Waals surface area contributed by atoms with Crippen LogP contribution in [0.3, 0.4) is 0 Å². The molecule has 0 aliphatic rings. The number of anilines is 1. The largest absolute Gasteiger partial charge is 0.381 e. The number of hydrogen-bond donors (Lipinski definition) is 1. The lowest BCUT2D eigenvalue weighted by atomic mass is 10.5. The van der Waals surface area contributed by atoms with Gasteiger partial charge in [0.15, 0.2) is 5.82 Å². The van der Waals surface area contributed by atoms with Crippen molar-refractivity contribution < 1.29 is 0 Å². The highest BCUT2D eigenvalue weighted by molar-refractivity contribution is 7.98. The maximum atomic E-state index is 5.70. The van der Waals surface area contributed by atoms with Crippen molar-refractivity contribution in [2.24, 2.45) is 0 Å². The van der Waals surface area contributed by atoms with Crippen LogP contribution in [0.15, 0.2) is 22.8 Å². The summed E-state index contributed by atoms with van der Waals surface area (Å²) in [5.74, 6) is 1.28. The van der Waals surface area contributed by atoms with Crippen molar-refractivity contribution >= 4 is 28.9 Å². The van der Waals surface area contributed by atoms with Crippen molar-refractivity contribution in [1.29, 1.82) is 0 Å². The lowest BCUT2D eigenvalue weighted by Gasteiger charge is -2.00. The number of nitrogens with two attached hydrogens (primary N) is 1. The van der Waals surface area contributed by atoms with E-state index >= 15 is 0 Å². The fraction of sp³-hybridized carbons (Fsp3) is 0.300. The van der Waals surface area contributed by atoms with Gasteiger partial charge in [0, 0.05) is 23.5 Å². The van der Waals surface area contributed by atoms with Crippen LogP contribution in [0.25, 0.3) is 0 Å². The van der Waals surface area contributed by atoms with E-state index in [0.717, 1.165) is 22.9 Å². The van der Waals surface area contributed by atoms with Crippen molar-refractivity contribution in [3.63, 3.8) is 0 Å². The van der Waals surface area contributed by atoms with Crippen LogP contribution in [0.4, 0.5) is 5.82 Å². The Bertz CT molecular complexity index is 469. The summed E-state index contributed by atoms with van der Waals surface area (Å²) < 4.78 is 0. The summed E-state index contributed by atoms with van der Waals surface area (Å²) in [4.78, 5) is 12.6. The Morgan fingerprint density at radius 3 is 2.88 bits per heavy atom. The topological polar surface area (TPSA) is 64.7 Å². The summed E-state index contributed by atoms with van der Waals surface area (Å²) in [6, 6.07) is 0. The zero-order chi connectivity index (χ0) is 11.4. The summed E-state index contributed by atoms with van der Waals surface area (Å²) in [7, 11) is 0. The van der Waals surface area contributed by atoms with E-state index in [1.54, 1.807) is 35.5 Å². The van der Waals surface area contributed by atoms with E-state index in [9.17, 15) is 0 Å². The van der Waals surface area contributed by atoms with Crippen LogP contribution in [0.2, 0.25) is 0 Å². The van der Waals surface area contributed by atoms with Crippen LogP contribution in [0.1, 0.15) is 17.6 Å². The van der Waals surface area contributed by atoms with Gasteiger partial charge in [-0.25, -0.2) is 15.0 Å². The van der Waals surface area contributed by atoms with Crippen LogP contribution in [-0.2, 0) is 12.2 Å². The molecule has 2 rings (SSSR count). The monoisotopic (exact) mass is 252 g/mol. The number of hydrogen-bond acceptors (Lipinski definition) is 6. The maximum Gasteiger partial charge on any atom is 0.156 e. The second-order valence-electron chi connectivity index (χ2n) is 3.12. The second kappa shape index (κ2) is 5.27. The minimum Gasteiger partial charge on any atom is -0.381 e. The van der Waals surface area contributed by atoms with Gasteiger partial charge in [0.25, 0.3) is 0 Å². The normalized spacial score (nSPS) is 10.6. The molecule has 6 heteroatoms. The van der Waals surface area contributed by atoms with Crippen molar-refractivity contribution in [3.05, 3.63) is 28.5 Å². The van der Waals surface area contributed by atoms with Crippen molar-refractivity contribution in [1.82, 2.24) is 15.0 Å². The van der Waals surface area contributed by atoms with Gasteiger partial charge in [0.2, 0.25) is 0 Å². The number of thiazole rings is 1. The Balaban J connectivity index is 1.99. The molecule has 4 nitrogen and oxygen atoms in total. The first-order chi connectivity index (χ1) is 7.79. The predicted molar refractivity (Wildman–Crippen MR) is 67.5 cm³/mol. The summed E-state index contributed by atoms with van der Waals surface area (Å²) in [5, 5.41) is 4.02. The van der Waals surface area contributed by atoms with Crippen molar-refractivity contribution in [3.8, 4) is 0 Å². The molecule has 0 amide bonds. The number of nitrogen functional groups attached to an aromatic ring is 1. The SMILES string of the molecule is CCc1nc(CSc2nccnc2N)cs1. The molecule has 2 heterocycles. The molecule has 0 fully saturated rings. The van der Waals surface area contributed by atoms with Gasteiger partial charge in [0.1, 0.15) is 5.03 Å². The third-order valence-electron chi connectivity index (χ3n) is 1.95. The molecule has 0 saturated heterocycles. The van der Waals surface area contributed by atoms with Crippen LogP contribution < -0.4 is 5.73 Å². The summed E-state index contributed by atoms with van der Waals surface area (Å²) in [6.45, 7) is 2.11. The first-order valence-corrected chi connectivity index (χ1v) is 6.78. The van der Waals surface area contributed by atoms with Gasteiger partial charge < -0.3 is 5.73 Å². The average molecular weight is 252 g/mol. The molecule has 84 valence electrons. The summed E-state index contributed by atoms with van der Waals surface area (Å²) in [6.07, 6.45) is 4.23. The van der Waals surface area contributed by atoms with Gasteiger partial charge in [-0.2, -0.15) is 0 Å². The van der Waals surface area contributed by atoms with E-state index in [2.05, 4.69) is 27.3 Å². The van der Waals surface area contributed by atoms with Crippen LogP contribution in [0, 0.1) is 0 Å². The van der Waals surface area contributed by atoms with Crippen LogP contribution in [0.5, 0.6) is 0 Å². The molecule has 2 N–H and O–H groups in total. The van der Waals surface area contributed by atoms with Gasteiger partial charge in [-0.05, 0) is 6.42 Å². The van der Waals surface area contributed by atoms with E-state index < -0.39 is 0 Å². The third kappa shape index (κ3) is 2.70. The molecule has 0 atom stereocenters. The van der Waals surface area contributed by atoms with E-state index in [1.807, 2.05) is 0 Å². The molecule has 0 radical (unpaired) electrons. The standard InChI is InChI=1S/C10H12N4S2/c1-2-8-14-7(5-15-8)6-16-10-9(11)12-3-4-13-10/h3-5H,2,6H2,1H3,(H2,11,12). The predicted octanol–water partition coefficient (Wildman–Crippen LogP) is 2.37. The van der Waals surface area contributed by atoms with Crippen LogP contribution in [-0.4, -0.2) is 15.0 Å². The number of aromatic nitrogens is 3. The van der Waals surface area contributed by atoms with E-state index in [4.69, 9.17) is 5.73 Å². The van der Waals surface area contributed by atoms with E-state index in [-0.39, 0.29) is 0 Å². The molecule has 2 aromatic heterocycles. The summed E-state index contributed by atoms with van der Waals surface area (Å²) in [5.41, 5.74) is 6.78. The Morgan fingerprint density at radius 1 is 1.38 bits per heavy atom. The highest BCUT2D eigenvalue weighted by Crippen LogP contribution is 2.24. The van der Waals surface area contributed by atoms with Crippen molar-refractivity contribution in [2.45, 2.75) is 24.1 Å². The van der Waals surface area contributed by atoms with E-state index in [1.165, 1.54) is 5.01 Å². The molecule has 2 aromatic rings. The fourth-order valence-corrected chi connectivity index (χ4v) is 2.79. The fourth-order valence-electron chi connectivity index (χ4n) is 1.17. The van der Waals surface area contributed by atoms with Gasteiger partial charge in [-0.3, -0.25) is 0 Å². The minimum atomic E-state index is 0.485. The van der Waals surface area contributed by atoms with Crippen LogP contribution >= 0.6 is 23.1 Å². The molecule has 0 aliphatic heterocycles. The quantitative estimate of drug-likeness (QED) is 0.846. The molecule has 0 saturated carbocycles. The lowest BCUT2D eigenvalue weighted by molar-refractivity contribution is 1.05. The molecule has 0 spiro atoms. The molecule has 16 heavy (non-hydrogen) atoms.